The molecule has 6 nitrogen and oxygen atoms in total. The van der Waals surface area contributed by atoms with Gasteiger partial charge in [-0.15, -0.1) is 0 Å². The van der Waals surface area contributed by atoms with Crippen molar-refractivity contribution >= 4 is 25.7 Å². The quantitative estimate of drug-likeness (QED) is 0.448. The highest BCUT2D eigenvalue weighted by Gasteiger charge is 2.39. The van der Waals surface area contributed by atoms with Crippen molar-refractivity contribution in [2.24, 2.45) is 0 Å². The molecular formula is C24H33NO5Si. The molecule has 168 valence electrons. The van der Waals surface area contributed by atoms with E-state index in [1.165, 1.54) is 7.11 Å². The van der Waals surface area contributed by atoms with Gasteiger partial charge in [-0.05, 0) is 61.5 Å². The van der Waals surface area contributed by atoms with Gasteiger partial charge in [-0.25, -0.2) is 4.79 Å². The molecule has 2 aromatic rings. The number of hydrogen-bond donors (Lipinski definition) is 1. The smallest absolute Gasteiger partial charge is 0.337 e. The molecular weight excluding hydrogens is 410 g/mol. The largest absolute Gasteiger partial charge is 0.544 e. The van der Waals surface area contributed by atoms with Gasteiger partial charge < -0.3 is 24.0 Å². The van der Waals surface area contributed by atoms with Crippen LogP contribution in [-0.2, 0) is 20.0 Å². The fraction of sp³-hybridized carbons (Fsp3) is 0.458. The molecule has 0 unspecified atom stereocenters. The number of carbonyl (C=O) groups is 1. The summed E-state index contributed by atoms with van der Waals surface area (Å²) in [6, 6.07) is 13.2. The van der Waals surface area contributed by atoms with Crippen LogP contribution in [0.4, 0.5) is 11.4 Å². The Labute approximate surface area is 186 Å². The molecule has 0 atom stereocenters. The summed E-state index contributed by atoms with van der Waals surface area (Å²) in [4.78, 5) is 12.1. The van der Waals surface area contributed by atoms with Gasteiger partial charge in [-0.2, -0.15) is 0 Å². The number of rotatable bonds is 6. The Balaban J connectivity index is 1.88. The van der Waals surface area contributed by atoms with Crippen LogP contribution in [0.3, 0.4) is 0 Å². The van der Waals surface area contributed by atoms with Gasteiger partial charge in [0, 0.05) is 16.9 Å². The fourth-order valence-corrected chi connectivity index (χ4v) is 4.20. The Morgan fingerprint density at radius 3 is 2.23 bits per heavy atom. The van der Waals surface area contributed by atoms with E-state index >= 15 is 0 Å². The molecule has 1 N–H and O–H groups in total. The first-order valence-corrected chi connectivity index (χ1v) is 13.4. The second-order valence-electron chi connectivity index (χ2n) is 9.41. The Kier molecular flexibility index (Phi) is 6.50. The van der Waals surface area contributed by atoms with Crippen LogP contribution in [0.1, 0.15) is 43.6 Å². The van der Waals surface area contributed by atoms with Gasteiger partial charge >= 0.3 is 5.97 Å². The molecule has 1 heterocycles. The highest BCUT2D eigenvalue weighted by Crippen LogP contribution is 2.39. The first-order chi connectivity index (χ1) is 14.4. The number of esters is 1. The summed E-state index contributed by atoms with van der Waals surface area (Å²) in [5.41, 5.74) is 2.87. The molecule has 0 aliphatic carbocycles. The average Bonchev–Trinajstić information content (AvgIpc) is 3.15. The first kappa shape index (κ1) is 23.3. The summed E-state index contributed by atoms with van der Waals surface area (Å²) < 4.78 is 22.9. The van der Waals surface area contributed by atoms with Crippen LogP contribution in [0, 0.1) is 0 Å². The second kappa shape index (κ2) is 8.65. The molecule has 0 amide bonds. The van der Waals surface area contributed by atoms with Crippen molar-refractivity contribution in [3.63, 3.8) is 0 Å². The molecule has 31 heavy (non-hydrogen) atoms. The molecule has 0 radical (unpaired) electrons. The molecule has 1 aliphatic rings. The lowest BCUT2D eigenvalue weighted by atomic mass is 10.0. The van der Waals surface area contributed by atoms with Crippen molar-refractivity contribution in [1.82, 2.24) is 0 Å². The summed E-state index contributed by atoms with van der Waals surface area (Å²) in [7, 11) is -0.533. The second-order valence-corrected chi connectivity index (χ2v) is 14.1. The van der Waals surface area contributed by atoms with E-state index in [1.54, 1.807) is 12.1 Å². The van der Waals surface area contributed by atoms with E-state index in [9.17, 15) is 4.79 Å². The van der Waals surface area contributed by atoms with E-state index in [1.807, 2.05) is 37.3 Å². The minimum absolute atomic E-state index is 0.129. The number of ether oxygens (including phenoxy) is 3. The number of carbonyl (C=O) groups excluding carboxylic acids is 1. The Bertz CT molecular complexity index is 928. The van der Waals surface area contributed by atoms with E-state index in [4.69, 9.17) is 18.6 Å². The van der Waals surface area contributed by atoms with Crippen molar-refractivity contribution in [3.8, 4) is 5.75 Å². The monoisotopic (exact) mass is 443 g/mol. The SMILES string of the molecule is COC(=O)c1ccc(C2(C)OCCO2)c(Nc2ccc(O[Si](C)(C)C(C)(C)C)cc2)c1. The van der Waals surface area contributed by atoms with Gasteiger partial charge in [0.05, 0.1) is 25.9 Å². The van der Waals surface area contributed by atoms with Crippen LogP contribution < -0.4 is 9.74 Å². The lowest BCUT2D eigenvalue weighted by Gasteiger charge is -2.36. The van der Waals surface area contributed by atoms with E-state index in [-0.39, 0.29) is 5.04 Å². The molecule has 7 heteroatoms. The molecule has 0 aromatic heterocycles. The molecule has 1 aliphatic heterocycles. The Morgan fingerprint density at radius 1 is 1.06 bits per heavy atom. The molecule has 1 fully saturated rings. The standard InChI is InChI=1S/C24H33NO5Si/c1-23(2,3)31(6,7)30-19-11-9-18(10-12-19)25-21-16-17(22(26)27-5)8-13-20(21)24(4)28-14-15-29-24/h8-13,16,25H,14-15H2,1-7H3. The highest BCUT2D eigenvalue weighted by molar-refractivity contribution is 6.74. The summed E-state index contributed by atoms with van der Waals surface area (Å²) in [5.74, 6) is -0.413. The number of anilines is 2. The van der Waals surface area contributed by atoms with Crippen molar-refractivity contribution in [1.29, 1.82) is 0 Å². The molecule has 0 saturated carbocycles. The van der Waals surface area contributed by atoms with Crippen LogP contribution in [0.5, 0.6) is 5.75 Å². The topological polar surface area (TPSA) is 66.0 Å². The molecule has 0 spiro atoms. The third-order valence-electron chi connectivity index (χ3n) is 6.08. The Hall–Kier alpha value is -2.35. The van der Waals surface area contributed by atoms with E-state index in [2.05, 4.69) is 39.2 Å². The van der Waals surface area contributed by atoms with Gasteiger partial charge in [-0.1, -0.05) is 26.8 Å². The maximum absolute atomic E-state index is 12.1. The first-order valence-electron chi connectivity index (χ1n) is 10.5. The zero-order chi connectivity index (χ0) is 22.9. The minimum Gasteiger partial charge on any atom is -0.544 e. The van der Waals surface area contributed by atoms with Crippen molar-refractivity contribution < 1.29 is 23.4 Å². The predicted molar refractivity (Wildman–Crippen MR) is 125 cm³/mol. The van der Waals surface area contributed by atoms with Crippen LogP contribution in [0.25, 0.3) is 0 Å². The normalized spacial score (nSPS) is 16.1. The summed E-state index contributed by atoms with van der Waals surface area (Å²) in [6.07, 6.45) is 0. The van der Waals surface area contributed by atoms with Crippen molar-refractivity contribution in [2.45, 2.75) is 51.6 Å². The number of benzene rings is 2. The third-order valence-corrected chi connectivity index (χ3v) is 10.4. The lowest BCUT2D eigenvalue weighted by Crippen LogP contribution is -2.43. The van der Waals surface area contributed by atoms with E-state index in [0.29, 0.717) is 18.8 Å². The van der Waals surface area contributed by atoms with Crippen molar-refractivity contribution in [2.75, 3.05) is 25.6 Å². The summed E-state index contributed by atoms with van der Waals surface area (Å²) >= 11 is 0. The van der Waals surface area contributed by atoms with Gasteiger partial charge in [0.1, 0.15) is 5.75 Å². The minimum atomic E-state index is -1.90. The maximum Gasteiger partial charge on any atom is 0.337 e. The van der Waals surface area contributed by atoms with Crippen LogP contribution in [0.15, 0.2) is 42.5 Å². The van der Waals surface area contributed by atoms with Crippen molar-refractivity contribution in [3.05, 3.63) is 53.6 Å². The van der Waals surface area contributed by atoms with Gasteiger partial charge in [0.15, 0.2) is 5.79 Å². The van der Waals surface area contributed by atoms with E-state index < -0.39 is 20.1 Å². The zero-order valence-corrected chi connectivity index (χ0v) is 20.5. The summed E-state index contributed by atoms with van der Waals surface area (Å²) in [6.45, 7) is 14.0. The molecule has 1 saturated heterocycles. The Morgan fingerprint density at radius 2 is 1.68 bits per heavy atom. The van der Waals surface area contributed by atoms with E-state index in [0.717, 1.165) is 22.7 Å². The van der Waals surface area contributed by atoms with Gasteiger partial charge in [0.25, 0.3) is 0 Å². The van der Waals surface area contributed by atoms with Gasteiger partial charge in [0.2, 0.25) is 8.32 Å². The summed E-state index contributed by atoms with van der Waals surface area (Å²) in [5, 5.41) is 3.53. The number of hydrogen-bond acceptors (Lipinski definition) is 6. The van der Waals surface area contributed by atoms with Crippen LogP contribution in [0.2, 0.25) is 18.1 Å². The molecule has 2 aromatic carbocycles. The molecule has 3 rings (SSSR count). The van der Waals surface area contributed by atoms with Crippen LogP contribution >= 0.6 is 0 Å². The number of methoxy groups -OCH3 is 1. The fourth-order valence-electron chi connectivity index (χ4n) is 3.17. The highest BCUT2D eigenvalue weighted by atomic mass is 28.4. The average molecular weight is 444 g/mol. The zero-order valence-electron chi connectivity index (χ0n) is 19.5. The molecule has 0 bridgehead atoms. The third kappa shape index (κ3) is 5.11. The maximum atomic E-state index is 12.1. The predicted octanol–water partition coefficient (Wildman–Crippen LogP) is 5.82. The lowest BCUT2D eigenvalue weighted by molar-refractivity contribution is -0.149. The number of nitrogens with one attached hydrogen (secondary N) is 1. The van der Waals surface area contributed by atoms with Gasteiger partial charge in [-0.3, -0.25) is 0 Å². The van der Waals surface area contributed by atoms with Crippen LogP contribution in [-0.4, -0.2) is 34.6 Å².